The average Bonchev–Trinajstić information content (AvgIpc) is 2.83. The lowest BCUT2D eigenvalue weighted by Crippen LogP contribution is -2.21. The predicted octanol–water partition coefficient (Wildman–Crippen LogP) is 5.10. The molecule has 0 aliphatic heterocycles. The van der Waals surface area contributed by atoms with Crippen LogP contribution in [0.25, 0.3) is 6.08 Å². The number of rotatable bonds is 9. The van der Waals surface area contributed by atoms with Crippen LogP contribution in [0.4, 0.5) is 15.8 Å². The van der Waals surface area contributed by atoms with Crippen molar-refractivity contribution in [2.75, 3.05) is 23.8 Å². The second-order valence-corrected chi connectivity index (χ2v) is 7.45. The van der Waals surface area contributed by atoms with Gasteiger partial charge in [-0.25, -0.2) is 4.39 Å². The molecule has 0 radical (unpaired) electrons. The number of hydrogen-bond donors (Lipinski definition) is 2. The summed E-state index contributed by atoms with van der Waals surface area (Å²) in [6.07, 6.45) is 1.43. The molecule has 0 aliphatic carbocycles. The molecule has 2 amide bonds. The van der Waals surface area contributed by atoms with Crippen molar-refractivity contribution in [1.82, 2.24) is 0 Å². The molecule has 0 saturated heterocycles. The summed E-state index contributed by atoms with van der Waals surface area (Å²) in [7, 11) is 0. The fourth-order valence-corrected chi connectivity index (χ4v) is 3.13. The summed E-state index contributed by atoms with van der Waals surface area (Å²) in [5.74, 6) is -1.01. The third kappa shape index (κ3) is 7.17. The summed E-state index contributed by atoms with van der Waals surface area (Å²) in [4.78, 5) is 24.7. The summed E-state index contributed by atoms with van der Waals surface area (Å²) >= 11 is 0. The van der Waals surface area contributed by atoms with Crippen LogP contribution >= 0.6 is 0 Å². The molecule has 0 spiro atoms. The number of carbonyl (C=O) groups is 2. The topological polar surface area (TPSA) is 100 Å². The molecular formula is C27H24FN3O4. The molecule has 0 atom stereocenters. The molecule has 3 rings (SSSR count). The Labute approximate surface area is 202 Å². The first-order valence-electron chi connectivity index (χ1n) is 10.8. The second-order valence-electron chi connectivity index (χ2n) is 7.45. The number of hydrogen-bond acceptors (Lipinski definition) is 5. The molecule has 3 aromatic rings. The van der Waals surface area contributed by atoms with Gasteiger partial charge in [-0.3, -0.25) is 9.59 Å². The van der Waals surface area contributed by atoms with Crippen molar-refractivity contribution < 1.29 is 23.5 Å². The second kappa shape index (κ2) is 12.0. The van der Waals surface area contributed by atoms with Crippen LogP contribution in [0.15, 0.2) is 72.3 Å². The van der Waals surface area contributed by atoms with Crippen LogP contribution < -0.4 is 20.1 Å². The normalized spacial score (nSPS) is 10.7. The van der Waals surface area contributed by atoms with E-state index in [-0.39, 0.29) is 23.6 Å². The van der Waals surface area contributed by atoms with E-state index in [1.807, 2.05) is 25.1 Å². The number of para-hydroxylation sites is 1. The zero-order valence-corrected chi connectivity index (χ0v) is 19.3. The Morgan fingerprint density at radius 3 is 2.51 bits per heavy atom. The fraction of sp³-hybridized carbons (Fsp3) is 0.148. The van der Waals surface area contributed by atoms with Crippen molar-refractivity contribution in [3.05, 3.63) is 89.2 Å². The molecule has 3 aromatic carbocycles. The molecule has 7 nitrogen and oxygen atoms in total. The zero-order valence-electron chi connectivity index (χ0n) is 19.3. The van der Waals surface area contributed by atoms with E-state index >= 15 is 0 Å². The number of carbonyl (C=O) groups excluding carboxylic acids is 2. The molecule has 0 fully saturated rings. The molecule has 2 N–H and O–H groups in total. The van der Waals surface area contributed by atoms with Crippen molar-refractivity contribution in [3.8, 4) is 17.6 Å². The number of aryl methyl sites for hydroxylation is 1. The minimum atomic E-state index is -0.549. The predicted molar refractivity (Wildman–Crippen MR) is 132 cm³/mol. The molecule has 0 saturated carbocycles. The number of halogens is 1. The van der Waals surface area contributed by atoms with E-state index in [1.54, 1.807) is 43.3 Å². The van der Waals surface area contributed by atoms with E-state index in [0.717, 1.165) is 5.56 Å². The molecule has 8 heteroatoms. The molecular weight excluding hydrogens is 449 g/mol. The van der Waals surface area contributed by atoms with Crippen molar-refractivity contribution >= 4 is 29.3 Å². The largest absolute Gasteiger partial charge is 0.490 e. The first-order valence-corrected chi connectivity index (χ1v) is 10.8. The zero-order chi connectivity index (χ0) is 25.2. The number of nitrogens with one attached hydrogen (secondary N) is 2. The molecule has 0 bridgehead atoms. The van der Waals surface area contributed by atoms with E-state index in [4.69, 9.17) is 9.47 Å². The van der Waals surface area contributed by atoms with E-state index in [2.05, 4.69) is 10.6 Å². The van der Waals surface area contributed by atoms with E-state index in [0.29, 0.717) is 23.6 Å². The fourth-order valence-electron chi connectivity index (χ4n) is 3.13. The Hall–Kier alpha value is -4.64. The molecule has 0 aliphatic rings. The van der Waals surface area contributed by atoms with Crippen molar-refractivity contribution in [1.29, 1.82) is 5.26 Å². The number of amides is 2. The van der Waals surface area contributed by atoms with Crippen LogP contribution in [0.1, 0.15) is 18.1 Å². The van der Waals surface area contributed by atoms with Crippen LogP contribution in [0, 0.1) is 24.1 Å². The summed E-state index contributed by atoms with van der Waals surface area (Å²) in [5, 5.41) is 14.6. The standard InChI is InChI=1S/C27H24FN3O4/c1-3-34-25-15-19(14-20(16-29)27(33)30-21-8-6-7-18(2)13-21)11-12-24(25)35-17-26(32)31-23-10-5-4-9-22(23)28/h4-15H,3,17H2,1-2H3,(H,30,33)(H,31,32). The van der Waals surface area contributed by atoms with E-state index < -0.39 is 17.6 Å². The quantitative estimate of drug-likeness (QED) is 0.333. The number of nitrogens with zero attached hydrogens (tertiary/aromatic N) is 1. The average molecular weight is 474 g/mol. The maximum atomic E-state index is 13.7. The monoisotopic (exact) mass is 473 g/mol. The minimum Gasteiger partial charge on any atom is -0.490 e. The maximum absolute atomic E-state index is 13.7. The highest BCUT2D eigenvalue weighted by molar-refractivity contribution is 6.09. The number of anilines is 2. The lowest BCUT2D eigenvalue weighted by molar-refractivity contribution is -0.118. The van der Waals surface area contributed by atoms with Gasteiger partial charge in [-0.15, -0.1) is 0 Å². The summed E-state index contributed by atoms with van der Waals surface area (Å²) in [5.41, 5.74) is 2.06. The van der Waals surface area contributed by atoms with Gasteiger partial charge in [0.2, 0.25) is 0 Å². The molecule has 0 unspecified atom stereocenters. The van der Waals surface area contributed by atoms with Crippen LogP contribution in [0.2, 0.25) is 0 Å². The SMILES string of the molecule is CCOc1cc(C=C(C#N)C(=O)Nc2cccc(C)c2)ccc1OCC(=O)Nc1ccccc1F. The summed E-state index contributed by atoms with van der Waals surface area (Å²) < 4.78 is 24.9. The van der Waals surface area contributed by atoms with E-state index in [9.17, 15) is 19.2 Å². The minimum absolute atomic E-state index is 0.0552. The molecule has 178 valence electrons. The van der Waals surface area contributed by atoms with Gasteiger partial charge in [-0.05, 0) is 67.4 Å². The lowest BCUT2D eigenvalue weighted by atomic mass is 10.1. The highest BCUT2D eigenvalue weighted by Gasteiger charge is 2.13. The van der Waals surface area contributed by atoms with Gasteiger partial charge in [0.1, 0.15) is 17.5 Å². The van der Waals surface area contributed by atoms with Crippen molar-refractivity contribution in [2.24, 2.45) is 0 Å². The van der Waals surface area contributed by atoms with Crippen LogP contribution in [0.3, 0.4) is 0 Å². The van der Waals surface area contributed by atoms with E-state index in [1.165, 1.54) is 24.3 Å². The van der Waals surface area contributed by atoms with Gasteiger partial charge in [0, 0.05) is 5.69 Å². The van der Waals surface area contributed by atoms with Gasteiger partial charge in [0.25, 0.3) is 11.8 Å². The van der Waals surface area contributed by atoms with Crippen molar-refractivity contribution in [2.45, 2.75) is 13.8 Å². The van der Waals surface area contributed by atoms with Crippen LogP contribution in [0.5, 0.6) is 11.5 Å². The van der Waals surface area contributed by atoms with Crippen molar-refractivity contribution in [3.63, 3.8) is 0 Å². The Morgan fingerprint density at radius 2 is 1.80 bits per heavy atom. The number of ether oxygens (including phenoxy) is 2. The third-order valence-corrected chi connectivity index (χ3v) is 4.73. The number of nitriles is 1. The third-order valence-electron chi connectivity index (χ3n) is 4.73. The van der Waals surface area contributed by atoms with Crippen LogP contribution in [-0.4, -0.2) is 25.0 Å². The Bertz CT molecular complexity index is 1300. The smallest absolute Gasteiger partial charge is 0.266 e. The number of benzene rings is 3. The first kappa shape index (κ1) is 25.0. The Balaban J connectivity index is 1.72. The molecule has 35 heavy (non-hydrogen) atoms. The Kier molecular flexibility index (Phi) is 8.57. The van der Waals surface area contributed by atoms with Gasteiger partial charge in [0.15, 0.2) is 18.1 Å². The highest BCUT2D eigenvalue weighted by Crippen LogP contribution is 2.29. The van der Waals surface area contributed by atoms with Gasteiger partial charge in [-0.2, -0.15) is 5.26 Å². The molecule has 0 heterocycles. The van der Waals surface area contributed by atoms with Gasteiger partial charge in [-0.1, -0.05) is 30.3 Å². The van der Waals surface area contributed by atoms with Gasteiger partial charge in [0.05, 0.1) is 12.3 Å². The summed E-state index contributed by atoms with van der Waals surface area (Å²) in [6.45, 7) is 3.64. The lowest BCUT2D eigenvalue weighted by Gasteiger charge is -2.13. The first-order chi connectivity index (χ1) is 16.9. The highest BCUT2D eigenvalue weighted by atomic mass is 19.1. The Morgan fingerprint density at radius 1 is 1.00 bits per heavy atom. The summed E-state index contributed by atoms with van der Waals surface area (Å²) in [6, 6.07) is 19.8. The maximum Gasteiger partial charge on any atom is 0.266 e. The van der Waals surface area contributed by atoms with Gasteiger partial charge >= 0.3 is 0 Å². The molecule has 0 aromatic heterocycles. The van der Waals surface area contributed by atoms with Gasteiger partial charge < -0.3 is 20.1 Å². The van der Waals surface area contributed by atoms with Crippen LogP contribution in [-0.2, 0) is 9.59 Å².